The molecule has 0 saturated heterocycles. The van der Waals surface area contributed by atoms with E-state index in [2.05, 4.69) is 20.4 Å². The largest absolute Gasteiger partial charge is 0.456 e. The van der Waals surface area contributed by atoms with Crippen LogP contribution in [-0.2, 0) is 6.54 Å². The first-order chi connectivity index (χ1) is 9.29. The van der Waals surface area contributed by atoms with Crippen molar-refractivity contribution in [2.24, 2.45) is 0 Å². The first-order valence-electron chi connectivity index (χ1n) is 5.69. The lowest BCUT2D eigenvalue weighted by atomic mass is 10.3. The summed E-state index contributed by atoms with van der Waals surface area (Å²) in [5.41, 5.74) is -0.742. The molecule has 2 rings (SSSR count). The Hall–Kier alpha value is -2.26. The van der Waals surface area contributed by atoms with Crippen LogP contribution in [0.5, 0.6) is 0 Å². The van der Waals surface area contributed by atoms with Gasteiger partial charge in [0.25, 0.3) is 5.78 Å². The number of carbonyl (C=O) groups is 1. The van der Waals surface area contributed by atoms with E-state index in [1.807, 2.05) is 13.8 Å². The molecule has 0 radical (unpaired) electrons. The zero-order valence-electron chi connectivity index (χ0n) is 10.7. The van der Waals surface area contributed by atoms with Gasteiger partial charge < -0.3 is 0 Å². The topological polar surface area (TPSA) is 78.5 Å². The Morgan fingerprint density at radius 3 is 2.70 bits per heavy atom. The summed E-state index contributed by atoms with van der Waals surface area (Å²) < 4.78 is 39.4. The van der Waals surface area contributed by atoms with E-state index < -0.39 is 17.7 Å². The third-order valence-corrected chi connectivity index (χ3v) is 2.47. The fourth-order valence-electron chi connectivity index (χ4n) is 1.59. The molecule has 10 heteroatoms. The van der Waals surface area contributed by atoms with E-state index in [9.17, 15) is 18.0 Å². The van der Waals surface area contributed by atoms with E-state index >= 15 is 0 Å². The summed E-state index contributed by atoms with van der Waals surface area (Å²) in [6.45, 7) is 3.85. The van der Waals surface area contributed by atoms with Gasteiger partial charge in [0.1, 0.15) is 18.7 Å². The highest BCUT2D eigenvalue weighted by atomic mass is 19.4. The van der Waals surface area contributed by atoms with Gasteiger partial charge in [-0.1, -0.05) is 5.21 Å². The van der Waals surface area contributed by atoms with Gasteiger partial charge in [-0.05, 0) is 13.8 Å². The van der Waals surface area contributed by atoms with Crippen molar-refractivity contribution in [3.05, 3.63) is 24.0 Å². The van der Waals surface area contributed by atoms with Crippen LogP contribution in [0.3, 0.4) is 0 Å². The summed E-state index contributed by atoms with van der Waals surface area (Å²) in [5.74, 6) is -1.51. The lowest BCUT2D eigenvalue weighted by Crippen LogP contribution is -2.23. The van der Waals surface area contributed by atoms with Crippen molar-refractivity contribution >= 4 is 5.78 Å². The van der Waals surface area contributed by atoms with Gasteiger partial charge in [-0.2, -0.15) is 18.3 Å². The second-order valence-electron chi connectivity index (χ2n) is 4.34. The number of hydrogen-bond acceptors (Lipinski definition) is 5. The van der Waals surface area contributed by atoms with Crippen molar-refractivity contribution in [3.63, 3.8) is 0 Å². The maximum absolute atomic E-state index is 12.2. The number of alkyl halides is 3. The molecule has 0 saturated carbocycles. The van der Waals surface area contributed by atoms with Crippen LogP contribution in [0, 0.1) is 0 Å². The lowest BCUT2D eigenvalue weighted by Gasteiger charge is -2.08. The van der Waals surface area contributed by atoms with Crippen LogP contribution in [0.4, 0.5) is 13.2 Å². The predicted molar refractivity (Wildman–Crippen MR) is 59.9 cm³/mol. The molecule has 0 aliphatic rings. The quantitative estimate of drug-likeness (QED) is 0.791. The van der Waals surface area contributed by atoms with Crippen LogP contribution in [0.25, 0.3) is 0 Å². The molecule has 2 aromatic rings. The third-order valence-electron chi connectivity index (χ3n) is 2.47. The van der Waals surface area contributed by atoms with Crippen molar-refractivity contribution in [2.75, 3.05) is 0 Å². The number of aromatic nitrogens is 6. The fourth-order valence-corrected chi connectivity index (χ4v) is 1.59. The lowest BCUT2D eigenvalue weighted by molar-refractivity contribution is -0.0888. The van der Waals surface area contributed by atoms with Crippen molar-refractivity contribution < 1.29 is 18.0 Å². The van der Waals surface area contributed by atoms with Gasteiger partial charge >= 0.3 is 6.18 Å². The van der Waals surface area contributed by atoms with Gasteiger partial charge in [0.2, 0.25) is 0 Å². The van der Waals surface area contributed by atoms with Crippen LogP contribution in [0.2, 0.25) is 0 Å². The molecule has 2 aromatic heterocycles. The summed E-state index contributed by atoms with van der Waals surface area (Å²) in [5, 5.41) is 10.7. The molecule has 0 N–H and O–H groups in total. The average Bonchev–Trinajstić information content (AvgIpc) is 2.96. The molecule has 0 unspecified atom stereocenters. The number of carbonyl (C=O) groups excluding carboxylic acids is 1. The number of nitrogens with zero attached hydrogens (tertiary/aromatic N) is 6. The second-order valence-corrected chi connectivity index (χ2v) is 4.34. The minimum absolute atomic E-state index is 0.0484. The number of ketones is 1. The smallest absolute Gasteiger partial charge is 0.282 e. The molecule has 7 nitrogen and oxygen atoms in total. The van der Waals surface area contributed by atoms with E-state index in [0.717, 1.165) is 10.9 Å². The van der Waals surface area contributed by atoms with Crippen molar-refractivity contribution in [2.45, 2.75) is 32.6 Å². The third kappa shape index (κ3) is 2.83. The summed E-state index contributed by atoms with van der Waals surface area (Å²) in [6, 6.07) is 0.0484. The molecule has 0 aliphatic carbocycles. The molecular formula is C10H11F3N6O. The Bertz CT molecular complexity index is 615. The van der Waals surface area contributed by atoms with E-state index in [-0.39, 0.29) is 12.6 Å². The molecule has 0 aliphatic heterocycles. The first kappa shape index (κ1) is 14.2. The van der Waals surface area contributed by atoms with E-state index in [1.54, 1.807) is 4.68 Å². The highest BCUT2D eigenvalue weighted by Gasteiger charge is 2.41. The summed E-state index contributed by atoms with van der Waals surface area (Å²) in [7, 11) is 0. The first-order valence-corrected chi connectivity index (χ1v) is 5.69. The molecule has 0 amide bonds. The predicted octanol–water partition coefficient (Wildman–Crippen LogP) is 1.24. The van der Waals surface area contributed by atoms with Gasteiger partial charge in [0.15, 0.2) is 5.69 Å². The van der Waals surface area contributed by atoms with E-state index in [4.69, 9.17) is 0 Å². The van der Waals surface area contributed by atoms with E-state index in [1.165, 1.54) is 6.33 Å². The van der Waals surface area contributed by atoms with Crippen molar-refractivity contribution in [1.29, 1.82) is 0 Å². The Morgan fingerprint density at radius 2 is 2.10 bits per heavy atom. The summed E-state index contributed by atoms with van der Waals surface area (Å²) in [6.07, 6.45) is -2.68. The molecule has 0 atom stereocenters. The van der Waals surface area contributed by atoms with Gasteiger partial charge in [0, 0.05) is 6.04 Å². The van der Waals surface area contributed by atoms with Crippen molar-refractivity contribution in [3.8, 4) is 0 Å². The summed E-state index contributed by atoms with van der Waals surface area (Å²) in [4.78, 5) is 15.0. The van der Waals surface area contributed by atoms with Crippen LogP contribution in [-0.4, -0.2) is 41.7 Å². The normalized spacial score (nSPS) is 12.1. The zero-order chi connectivity index (χ0) is 14.9. The van der Waals surface area contributed by atoms with Crippen LogP contribution < -0.4 is 0 Å². The SMILES string of the molecule is CC(C)n1ncnc1Cn1cc(C(=O)C(F)(F)F)nn1. The highest BCUT2D eigenvalue weighted by molar-refractivity contribution is 5.98. The molecule has 20 heavy (non-hydrogen) atoms. The zero-order valence-corrected chi connectivity index (χ0v) is 10.7. The van der Waals surface area contributed by atoms with Gasteiger partial charge in [0.05, 0.1) is 6.20 Å². The number of rotatable bonds is 4. The number of Topliss-reactive ketones (excluding diaryl/α,β-unsaturated/α-hetero) is 1. The highest BCUT2D eigenvalue weighted by Crippen LogP contribution is 2.20. The second kappa shape index (κ2) is 5.02. The van der Waals surface area contributed by atoms with Gasteiger partial charge in [-0.25, -0.2) is 14.3 Å². The Kier molecular flexibility index (Phi) is 3.55. The van der Waals surface area contributed by atoms with Crippen LogP contribution >= 0.6 is 0 Å². The molecule has 108 valence electrons. The van der Waals surface area contributed by atoms with Gasteiger partial charge in [-0.3, -0.25) is 4.79 Å². The standard InChI is InChI=1S/C10H11F3N6O/c1-6(2)19-8(14-5-15-19)4-18-3-7(16-17-18)9(20)10(11,12)13/h3,5-6H,4H2,1-2H3. The van der Waals surface area contributed by atoms with Crippen LogP contribution in [0.1, 0.15) is 36.2 Å². The molecule has 2 heterocycles. The maximum atomic E-state index is 12.2. The summed E-state index contributed by atoms with van der Waals surface area (Å²) >= 11 is 0. The van der Waals surface area contributed by atoms with Gasteiger partial charge in [-0.15, -0.1) is 5.10 Å². The molecule has 0 aromatic carbocycles. The van der Waals surface area contributed by atoms with E-state index in [0.29, 0.717) is 5.82 Å². The van der Waals surface area contributed by atoms with Crippen LogP contribution in [0.15, 0.2) is 12.5 Å². The Balaban J connectivity index is 2.18. The fraction of sp³-hybridized carbons (Fsp3) is 0.500. The Labute approximate surface area is 111 Å². The average molecular weight is 288 g/mol. The van der Waals surface area contributed by atoms with Crippen molar-refractivity contribution in [1.82, 2.24) is 29.8 Å². The molecular weight excluding hydrogens is 277 g/mol. The Morgan fingerprint density at radius 1 is 1.40 bits per heavy atom. The minimum atomic E-state index is -4.96. The number of hydrogen-bond donors (Lipinski definition) is 0. The molecule has 0 spiro atoms. The minimum Gasteiger partial charge on any atom is -0.282 e. The maximum Gasteiger partial charge on any atom is 0.456 e. The molecule has 0 fully saturated rings. The molecule has 0 bridgehead atoms. The number of halogens is 3. The monoisotopic (exact) mass is 288 g/mol.